The summed E-state index contributed by atoms with van der Waals surface area (Å²) in [4.78, 5) is 27.1. The van der Waals surface area contributed by atoms with Crippen LogP contribution in [0.2, 0.25) is 0 Å². The number of nitrogens with one attached hydrogen (secondary N) is 1. The van der Waals surface area contributed by atoms with Crippen LogP contribution in [0.15, 0.2) is 59.0 Å². The number of carbonyl (C=O) groups is 2. The van der Waals surface area contributed by atoms with Crippen molar-refractivity contribution < 1.29 is 27.2 Å². The number of anilines is 1. The predicted molar refractivity (Wildman–Crippen MR) is 129 cm³/mol. The van der Waals surface area contributed by atoms with E-state index in [0.717, 1.165) is 54.7 Å². The van der Waals surface area contributed by atoms with Gasteiger partial charge < -0.3 is 14.6 Å². The van der Waals surface area contributed by atoms with E-state index in [4.69, 9.17) is 4.42 Å². The van der Waals surface area contributed by atoms with Gasteiger partial charge in [0.1, 0.15) is 11.5 Å². The van der Waals surface area contributed by atoms with E-state index in [1.165, 1.54) is 23.5 Å². The number of nitrogens with zero attached hydrogens (tertiary/aromatic N) is 1. The summed E-state index contributed by atoms with van der Waals surface area (Å²) in [6.45, 7) is 0.610. The van der Waals surface area contributed by atoms with E-state index in [1.54, 1.807) is 0 Å². The number of rotatable bonds is 4. The maximum absolute atomic E-state index is 13.1. The van der Waals surface area contributed by atoms with Crippen molar-refractivity contribution in [1.29, 1.82) is 0 Å². The van der Waals surface area contributed by atoms with Crippen LogP contribution in [-0.4, -0.2) is 23.3 Å². The van der Waals surface area contributed by atoms with Gasteiger partial charge in [-0.1, -0.05) is 37.5 Å². The molecule has 0 unspecified atom stereocenters. The van der Waals surface area contributed by atoms with Crippen LogP contribution in [0, 0.1) is 5.92 Å². The highest BCUT2D eigenvalue weighted by Gasteiger charge is 2.32. The molecule has 188 valence electrons. The number of fused-ring (bicyclic) bond motifs is 1. The summed E-state index contributed by atoms with van der Waals surface area (Å²) >= 11 is 0. The molecular weight excluding hydrogens is 469 g/mol. The third kappa shape index (κ3) is 5.17. The Balaban J connectivity index is 1.29. The lowest BCUT2D eigenvalue weighted by Crippen LogP contribution is -2.35. The van der Waals surface area contributed by atoms with Gasteiger partial charge in [-0.2, -0.15) is 13.2 Å². The van der Waals surface area contributed by atoms with Crippen molar-refractivity contribution in [3.05, 3.63) is 77.0 Å². The second-order valence-electron chi connectivity index (χ2n) is 9.52. The molecule has 0 atom stereocenters. The molecule has 1 fully saturated rings. The van der Waals surface area contributed by atoms with Crippen molar-refractivity contribution in [3.63, 3.8) is 0 Å². The van der Waals surface area contributed by atoms with Crippen LogP contribution in [0.25, 0.3) is 11.3 Å². The summed E-state index contributed by atoms with van der Waals surface area (Å²) in [6, 6.07) is 13.8. The van der Waals surface area contributed by atoms with Gasteiger partial charge in [0.2, 0.25) is 5.91 Å². The Bertz CT molecular complexity index is 1280. The zero-order chi connectivity index (χ0) is 25.3. The molecule has 1 aliphatic heterocycles. The average molecular weight is 497 g/mol. The quantitative estimate of drug-likeness (QED) is 0.438. The molecule has 0 spiro atoms. The normalized spacial score (nSPS) is 16.5. The van der Waals surface area contributed by atoms with Crippen LogP contribution >= 0.6 is 0 Å². The van der Waals surface area contributed by atoms with Crippen LogP contribution in [0.4, 0.5) is 18.9 Å². The first-order valence-corrected chi connectivity index (χ1v) is 12.3. The number of carbonyl (C=O) groups excluding carboxylic acids is 2. The van der Waals surface area contributed by atoms with Crippen LogP contribution in [0.1, 0.15) is 59.3 Å². The molecule has 2 amide bonds. The maximum Gasteiger partial charge on any atom is 0.416 e. The van der Waals surface area contributed by atoms with E-state index in [1.807, 2.05) is 30.3 Å². The van der Waals surface area contributed by atoms with E-state index in [2.05, 4.69) is 5.32 Å². The first-order chi connectivity index (χ1) is 17.3. The summed E-state index contributed by atoms with van der Waals surface area (Å²) in [7, 11) is 0. The van der Waals surface area contributed by atoms with Gasteiger partial charge in [-0.3, -0.25) is 9.59 Å². The number of amides is 2. The van der Waals surface area contributed by atoms with Crippen molar-refractivity contribution in [2.45, 2.75) is 51.2 Å². The number of alkyl halides is 3. The van der Waals surface area contributed by atoms with E-state index in [9.17, 15) is 22.8 Å². The minimum Gasteiger partial charge on any atom is -0.461 e. The maximum atomic E-state index is 13.1. The molecule has 2 aliphatic rings. The smallest absolute Gasteiger partial charge is 0.416 e. The van der Waals surface area contributed by atoms with E-state index in [-0.39, 0.29) is 23.9 Å². The second kappa shape index (κ2) is 9.84. The molecule has 1 aromatic heterocycles. The number of halogens is 3. The average Bonchev–Trinajstić information content (AvgIpc) is 3.32. The first kappa shape index (κ1) is 24.2. The van der Waals surface area contributed by atoms with Gasteiger partial charge in [-0.05, 0) is 49.2 Å². The second-order valence-corrected chi connectivity index (χ2v) is 9.52. The lowest BCUT2D eigenvalue weighted by Gasteiger charge is -2.26. The minimum absolute atomic E-state index is 0.0124. The molecule has 5 nitrogen and oxygen atoms in total. The Morgan fingerprint density at radius 1 is 0.972 bits per heavy atom. The number of furan rings is 1. The Kier molecular flexibility index (Phi) is 6.60. The summed E-state index contributed by atoms with van der Waals surface area (Å²) in [5.41, 5.74) is 1.51. The fraction of sp³-hybridized carbons (Fsp3) is 0.357. The molecular formula is C28H27F3N2O3. The zero-order valence-electron chi connectivity index (χ0n) is 19.7. The van der Waals surface area contributed by atoms with Gasteiger partial charge in [-0.15, -0.1) is 0 Å². The van der Waals surface area contributed by atoms with E-state index in [0.29, 0.717) is 24.4 Å². The van der Waals surface area contributed by atoms with Crippen molar-refractivity contribution in [2.75, 3.05) is 11.9 Å². The Hall–Kier alpha value is -3.55. The Morgan fingerprint density at radius 3 is 2.53 bits per heavy atom. The van der Waals surface area contributed by atoms with Gasteiger partial charge in [0.15, 0.2) is 0 Å². The van der Waals surface area contributed by atoms with Crippen molar-refractivity contribution in [1.82, 2.24) is 4.90 Å². The van der Waals surface area contributed by atoms with Crippen molar-refractivity contribution in [3.8, 4) is 11.3 Å². The third-order valence-electron chi connectivity index (χ3n) is 6.98. The minimum atomic E-state index is -4.50. The lowest BCUT2D eigenvalue weighted by atomic mass is 9.88. The number of hydrogen-bond acceptors (Lipinski definition) is 3. The highest BCUT2D eigenvalue weighted by atomic mass is 19.4. The first-order valence-electron chi connectivity index (χ1n) is 12.3. The molecule has 1 N–H and O–H groups in total. The van der Waals surface area contributed by atoms with Crippen LogP contribution in [0.3, 0.4) is 0 Å². The summed E-state index contributed by atoms with van der Waals surface area (Å²) in [6.07, 6.45) is 1.17. The molecule has 1 aliphatic carbocycles. The molecule has 0 saturated heterocycles. The Morgan fingerprint density at radius 2 is 1.75 bits per heavy atom. The molecule has 0 bridgehead atoms. The molecule has 5 rings (SSSR count). The van der Waals surface area contributed by atoms with Crippen molar-refractivity contribution in [2.24, 2.45) is 5.92 Å². The summed E-state index contributed by atoms with van der Waals surface area (Å²) in [5, 5.41) is 3.03. The molecule has 36 heavy (non-hydrogen) atoms. The molecule has 3 aromatic rings. The number of hydrogen-bond donors (Lipinski definition) is 1. The highest BCUT2D eigenvalue weighted by molar-refractivity contribution is 5.95. The van der Waals surface area contributed by atoms with Crippen molar-refractivity contribution >= 4 is 17.5 Å². The Labute approximate surface area is 207 Å². The topological polar surface area (TPSA) is 62.6 Å². The van der Waals surface area contributed by atoms with Gasteiger partial charge in [-0.25, -0.2) is 0 Å². The standard InChI is InChI=1S/C28H27F3N2O3/c29-28(30,31)22-10-4-9-20(14-22)27(35)33-13-12-24-21(17-33)16-25(36-24)19-8-5-11-23(15-19)32-26(34)18-6-2-1-3-7-18/h4-5,8-11,14-16,18H,1-3,6-7,12-13,17H2,(H,32,34). The van der Waals surface area contributed by atoms with Gasteiger partial charge in [0.05, 0.1) is 5.56 Å². The van der Waals surface area contributed by atoms with E-state index < -0.39 is 17.6 Å². The number of benzene rings is 2. The van der Waals surface area contributed by atoms with Gasteiger partial charge in [0.25, 0.3) is 5.91 Å². The third-order valence-corrected chi connectivity index (χ3v) is 6.98. The largest absolute Gasteiger partial charge is 0.461 e. The fourth-order valence-corrected chi connectivity index (χ4v) is 5.02. The SMILES string of the molecule is O=C(Nc1cccc(-c2cc3c(o2)CCN(C(=O)c2cccc(C(F)(F)F)c2)C3)c1)C1CCCCC1. The zero-order valence-corrected chi connectivity index (χ0v) is 19.7. The molecule has 0 radical (unpaired) electrons. The van der Waals surface area contributed by atoms with E-state index >= 15 is 0 Å². The lowest BCUT2D eigenvalue weighted by molar-refractivity contribution is -0.137. The predicted octanol–water partition coefficient (Wildman–Crippen LogP) is 6.68. The molecule has 8 heteroatoms. The molecule has 2 heterocycles. The van der Waals surface area contributed by atoms with Gasteiger partial charge >= 0.3 is 6.18 Å². The molecule has 2 aromatic carbocycles. The molecule has 1 saturated carbocycles. The highest BCUT2D eigenvalue weighted by Crippen LogP contribution is 2.33. The summed E-state index contributed by atoms with van der Waals surface area (Å²) in [5.74, 6) is 1.05. The van der Waals surface area contributed by atoms with Crippen LogP contribution < -0.4 is 5.32 Å². The van der Waals surface area contributed by atoms with Crippen LogP contribution in [-0.2, 0) is 23.9 Å². The van der Waals surface area contributed by atoms with Gasteiger partial charge in [0, 0.05) is 47.8 Å². The monoisotopic (exact) mass is 496 g/mol. The van der Waals surface area contributed by atoms with Crippen LogP contribution in [0.5, 0.6) is 0 Å². The summed E-state index contributed by atoms with van der Waals surface area (Å²) < 4.78 is 45.3. The fourth-order valence-electron chi connectivity index (χ4n) is 5.02.